The molecule has 1 atom stereocenters. The maximum Gasteiger partial charge on any atom is 0.325 e. The molecule has 0 heterocycles. The summed E-state index contributed by atoms with van der Waals surface area (Å²) in [4.78, 5) is 32.1. The minimum atomic E-state index is -1.18. The molecule has 102 valence electrons. The number of hydrogen-bond acceptors (Lipinski definition) is 4. The zero-order chi connectivity index (χ0) is 14.6. The third kappa shape index (κ3) is 4.21. The smallest absolute Gasteiger partial charge is 0.325 e. The highest BCUT2D eigenvalue weighted by Gasteiger charge is 2.16. The van der Waals surface area contributed by atoms with Crippen LogP contribution in [0.5, 0.6) is 0 Å². The van der Waals surface area contributed by atoms with Crippen LogP contribution in [0.4, 0.5) is 16.2 Å². The minimum Gasteiger partial charge on any atom is -0.480 e. The van der Waals surface area contributed by atoms with Crippen LogP contribution < -0.4 is 10.6 Å². The van der Waals surface area contributed by atoms with E-state index in [1.807, 2.05) is 0 Å². The van der Waals surface area contributed by atoms with E-state index in [0.717, 1.165) is 6.07 Å². The molecule has 1 aromatic carbocycles. The molecule has 0 fully saturated rings. The number of rotatable bonds is 4. The number of carbonyl (C=O) groups excluding carboxylic acids is 1. The van der Waals surface area contributed by atoms with Crippen molar-refractivity contribution in [3.63, 3.8) is 0 Å². The molecule has 19 heavy (non-hydrogen) atoms. The van der Waals surface area contributed by atoms with Gasteiger partial charge in [-0.25, -0.2) is 4.79 Å². The van der Waals surface area contributed by atoms with Crippen molar-refractivity contribution in [2.45, 2.75) is 13.0 Å². The number of halogens is 1. The second-order valence-corrected chi connectivity index (χ2v) is 4.44. The lowest BCUT2D eigenvalue weighted by atomic mass is 10.3. The number of nitrogens with zero attached hydrogens (tertiary/aromatic N) is 1. The molecule has 0 aliphatic carbocycles. The Hall–Kier alpha value is -2.16. The first kappa shape index (κ1) is 14.9. The molecular weight excluding hydrogens is 322 g/mol. The van der Waals surface area contributed by atoms with Crippen LogP contribution in [0.15, 0.2) is 22.7 Å². The van der Waals surface area contributed by atoms with E-state index in [4.69, 9.17) is 5.11 Å². The molecule has 0 saturated heterocycles. The molecule has 0 spiro atoms. The lowest BCUT2D eigenvalue weighted by Gasteiger charge is -2.10. The summed E-state index contributed by atoms with van der Waals surface area (Å²) in [6.45, 7) is 1.30. The van der Waals surface area contributed by atoms with Crippen LogP contribution >= 0.6 is 15.9 Å². The SMILES string of the molecule is C[C@@H](NC(=O)Nc1ccc(Br)c([N+](=O)[O-])c1)C(=O)O. The third-order valence-corrected chi connectivity index (χ3v) is 2.79. The van der Waals surface area contributed by atoms with Gasteiger partial charge in [0.05, 0.1) is 9.40 Å². The van der Waals surface area contributed by atoms with Crippen molar-refractivity contribution >= 4 is 39.3 Å². The lowest BCUT2D eigenvalue weighted by molar-refractivity contribution is -0.385. The van der Waals surface area contributed by atoms with E-state index in [1.54, 1.807) is 0 Å². The highest BCUT2D eigenvalue weighted by Crippen LogP contribution is 2.27. The largest absolute Gasteiger partial charge is 0.480 e. The molecule has 0 aliphatic rings. The summed E-state index contributed by atoms with van der Waals surface area (Å²) in [6.07, 6.45) is 0. The Morgan fingerprint density at radius 2 is 2.11 bits per heavy atom. The number of anilines is 1. The summed E-state index contributed by atoms with van der Waals surface area (Å²) in [6, 6.07) is 2.20. The summed E-state index contributed by atoms with van der Waals surface area (Å²) in [5.74, 6) is -1.18. The van der Waals surface area contributed by atoms with Gasteiger partial charge in [0.1, 0.15) is 6.04 Å². The molecule has 0 unspecified atom stereocenters. The summed E-state index contributed by atoms with van der Waals surface area (Å²) in [7, 11) is 0. The molecule has 0 bridgehead atoms. The maximum atomic E-state index is 11.4. The summed E-state index contributed by atoms with van der Waals surface area (Å²) < 4.78 is 0.280. The number of urea groups is 1. The predicted octanol–water partition coefficient (Wildman–Crippen LogP) is 1.95. The van der Waals surface area contributed by atoms with Crippen molar-refractivity contribution in [3.05, 3.63) is 32.8 Å². The number of benzene rings is 1. The van der Waals surface area contributed by atoms with Gasteiger partial charge in [0.2, 0.25) is 0 Å². The van der Waals surface area contributed by atoms with Crippen LogP contribution in [0.25, 0.3) is 0 Å². The Morgan fingerprint density at radius 3 is 2.63 bits per heavy atom. The summed E-state index contributed by atoms with van der Waals surface area (Å²) in [5, 5.41) is 23.8. The fourth-order valence-electron chi connectivity index (χ4n) is 1.16. The molecule has 0 aromatic heterocycles. The van der Waals surface area contributed by atoms with Gasteiger partial charge in [-0.1, -0.05) is 0 Å². The number of nitrogens with one attached hydrogen (secondary N) is 2. The molecule has 1 rings (SSSR count). The monoisotopic (exact) mass is 331 g/mol. The van der Waals surface area contributed by atoms with Crippen molar-refractivity contribution in [2.24, 2.45) is 0 Å². The Morgan fingerprint density at radius 1 is 1.47 bits per heavy atom. The first-order valence-corrected chi connectivity index (χ1v) is 5.85. The molecule has 1 aromatic rings. The predicted molar refractivity (Wildman–Crippen MR) is 70.0 cm³/mol. The van der Waals surface area contributed by atoms with Gasteiger partial charge in [0.25, 0.3) is 5.69 Å². The maximum absolute atomic E-state index is 11.4. The van der Waals surface area contributed by atoms with E-state index < -0.39 is 23.0 Å². The number of nitro groups is 1. The van der Waals surface area contributed by atoms with Crippen LogP contribution in [0.3, 0.4) is 0 Å². The standard InChI is InChI=1S/C10H10BrN3O5/c1-5(9(15)16)12-10(17)13-6-2-3-7(11)8(4-6)14(18)19/h2-5H,1H3,(H,15,16)(H2,12,13,17)/t5-/m1/s1. The van der Waals surface area contributed by atoms with Crippen LogP contribution in [0.1, 0.15) is 6.92 Å². The zero-order valence-corrected chi connectivity index (χ0v) is 11.3. The first-order chi connectivity index (χ1) is 8.81. The van der Waals surface area contributed by atoms with Gasteiger partial charge in [-0.2, -0.15) is 0 Å². The average molecular weight is 332 g/mol. The van der Waals surface area contributed by atoms with Gasteiger partial charge >= 0.3 is 12.0 Å². The van der Waals surface area contributed by atoms with Gasteiger partial charge in [-0.05, 0) is 35.0 Å². The highest BCUT2D eigenvalue weighted by molar-refractivity contribution is 9.10. The summed E-state index contributed by atoms with van der Waals surface area (Å²) >= 11 is 3.01. The van der Waals surface area contributed by atoms with Gasteiger partial charge < -0.3 is 15.7 Å². The highest BCUT2D eigenvalue weighted by atomic mass is 79.9. The fourth-order valence-corrected chi connectivity index (χ4v) is 1.55. The number of nitro benzene ring substituents is 1. The molecule has 0 aliphatic heterocycles. The lowest BCUT2D eigenvalue weighted by Crippen LogP contribution is -2.40. The molecule has 3 N–H and O–H groups in total. The minimum absolute atomic E-state index is 0.185. The summed E-state index contributed by atoms with van der Waals surface area (Å²) in [5.41, 5.74) is -0.0194. The van der Waals surface area contributed by atoms with Crippen molar-refractivity contribution in [1.82, 2.24) is 5.32 Å². The molecule has 0 radical (unpaired) electrons. The first-order valence-electron chi connectivity index (χ1n) is 5.05. The van der Waals surface area contributed by atoms with Gasteiger partial charge in [-0.15, -0.1) is 0 Å². The van der Waals surface area contributed by atoms with E-state index in [-0.39, 0.29) is 15.8 Å². The van der Waals surface area contributed by atoms with E-state index in [0.29, 0.717) is 0 Å². The van der Waals surface area contributed by atoms with Gasteiger partial charge in [0, 0.05) is 11.8 Å². The Labute approximate surface area is 116 Å². The van der Waals surface area contributed by atoms with Gasteiger partial charge in [0.15, 0.2) is 0 Å². The zero-order valence-electron chi connectivity index (χ0n) is 9.71. The van der Waals surface area contributed by atoms with Crippen molar-refractivity contribution in [1.29, 1.82) is 0 Å². The molecule has 9 heteroatoms. The van der Waals surface area contributed by atoms with Crippen LogP contribution in [0.2, 0.25) is 0 Å². The topological polar surface area (TPSA) is 122 Å². The second kappa shape index (κ2) is 6.14. The van der Waals surface area contributed by atoms with E-state index in [1.165, 1.54) is 19.1 Å². The van der Waals surface area contributed by atoms with E-state index in [2.05, 4.69) is 26.6 Å². The van der Waals surface area contributed by atoms with Crippen LogP contribution in [-0.4, -0.2) is 28.1 Å². The van der Waals surface area contributed by atoms with E-state index in [9.17, 15) is 19.7 Å². The molecule has 0 saturated carbocycles. The number of amides is 2. The number of hydrogen-bond donors (Lipinski definition) is 3. The van der Waals surface area contributed by atoms with Gasteiger partial charge in [-0.3, -0.25) is 14.9 Å². The van der Waals surface area contributed by atoms with E-state index >= 15 is 0 Å². The molecule has 8 nitrogen and oxygen atoms in total. The normalized spacial score (nSPS) is 11.5. The number of aliphatic carboxylic acids is 1. The Kier molecular flexibility index (Phi) is 4.81. The third-order valence-electron chi connectivity index (χ3n) is 2.12. The molecule has 2 amide bonds. The number of carboxylic acid groups (broad SMARTS) is 1. The van der Waals surface area contributed by atoms with Crippen molar-refractivity contribution in [2.75, 3.05) is 5.32 Å². The molecular formula is C10H10BrN3O5. The fraction of sp³-hybridized carbons (Fsp3) is 0.200. The van der Waals surface area contributed by atoms with Crippen LogP contribution in [0, 0.1) is 10.1 Å². The Balaban J connectivity index is 2.78. The quantitative estimate of drug-likeness (QED) is 0.575. The second-order valence-electron chi connectivity index (χ2n) is 3.58. The van der Waals surface area contributed by atoms with Crippen molar-refractivity contribution in [3.8, 4) is 0 Å². The van der Waals surface area contributed by atoms with Crippen molar-refractivity contribution < 1.29 is 19.6 Å². The van der Waals surface area contributed by atoms with Crippen LogP contribution in [-0.2, 0) is 4.79 Å². The number of carbonyl (C=O) groups is 2. The number of carboxylic acids is 1. The average Bonchev–Trinajstić information content (AvgIpc) is 2.30. The Bertz CT molecular complexity index is 534.